The summed E-state index contributed by atoms with van der Waals surface area (Å²) in [7, 11) is 0. The molecule has 1 aromatic carbocycles. The lowest BCUT2D eigenvalue weighted by molar-refractivity contribution is 0.0945. The van der Waals surface area contributed by atoms with E-state index in [9.17, 15) is 4.79 Å². The highest BCUT2D eigenvalue weighted by Gasteiger charge is 2.41. The summed E-state index contributed by atoms with van der Waals surface area (Å²) in [6.07, 6.45) is 4.79. The standard InChI is InChI=1S/C17H19ClN2O/c1-2-7-17(8-9-17)11-19-16(21)13-10-15(18)20-14-6-4-3-5-12(13)14/h3-6,10H,2,7-9,11H2,1H3,(H,19,21). The molecule has 1 saturated carbocycles. The van der Waals surface area contributed by atoms with Crippen LogP contribution in [0, 0.1) is 5.41 Å². The van der Waals surface area contributed by atoms with Crippen LogP contribution >= 0.6 is 11.6 Å². The van der Waals surface area contributed by atoms with Crippen LogP contribution in [0.15, 0.2) is 30.3 Å². The molecule has 0 radical (unpaired) electrons. The lowest BCUT2D eigenvalue weighted by Crippen LogP contribution is -2.30. The van der Waals surface area contributed by atoms with Crippen LogP contribution in [0.25, 0.3) is 10.9 Å². The highest BCUT2D eigenvalue weighted by molar-refractivity contribution is 6.30. The molecule has 1 heterocycles. The van der Waals surface area contributed by atoms with Crippen LogP contribution in [0.4, 0.5) is 0 Å². The number of aromatic nitrogens is 1. The van der Waals surface area contributed by atoms with E-state index in [0.29, 0.717) is 16.1 Å². The van der Waals surface area contributed by atoms with Crippen molar-refractivity contribution in [2.45, 2.75) is 32.6 Å². The van der Waals surface area contributed by atoms with Gasteiger partial charge in [0.1, 0.15) is 5.15 Å². The minimum atomic E-state index is -0.0575. The molecule has 1 aromatic heterocycles. The van der Waals surface area contributed by atoms with E-state index in [0.717, 1.165) is 17.4 Å². The Morgan fingerprint density at radius 2 is 2.14 bits per heavy atom. The van der Waals surface area contributed by atoms with Gasteiger partial charge >= 0.3 is 0 Å². The fourth-order valence-electron chi connectivity index (χ4n) is 2.92. The Labute approximate surface area is 129 Å². The molecule has 1 amide bonds. The zero-order valence-electron chi connectivity index (χ0n) is 12.2. The van der Waals surface area contributed by atoms with Gasteiger partial charge in [0.2, 0.25) is 0 Å². The SMILES string of the molecule is CCCC1(CNC(=O)c2cc(Cl)nc3ccccc23)CC1. The van der Waals surface area contributed by atoms with Crippen LogP contribution in [0.2, 0.25) is 5.15 Å². The second-order valence-corrected chi connectivity index (χ2v) is 6.33. The number of nitrogens with one attached hydrogen (secondary N) is 1. The van der Waals surface area contributed by atoms with E-state index in [4.69, 9.17) is 11.6 Å². The van der Waals surface area contributed by atoms with E-state index in [1.54, 1.807) is 6.07 Å². The Balaban J connectivity index is 1.81. The van der Waals surface area contributed by atoms with Crippen molar-refractivity contribution >= 4 is 28.4 Å². The van der Waals surface area contributed by atoms with Crippen molar-refractivity contribution in [3.05, 3.63) is 41.0 Å². The van der Waals surface area contributed by atoms with Gasteiger partial charge in [-0.15, -0.1) is 0 Å². The largest absolute Gasteiger partial charge is 0.351 e. The number of carbonyl (C=O) groups excluding carboxylic acids is 1. The monoisotopic (exact) mass is 302 g/mol. The first kappa shape index (κ1) is 14.3. The zero-order chi connectivity index (χ0) is 14.9. The van der Waals surface area contributed by atoms with E-state index in [-0.39, 0.29) is 5.91 Å². The van der Waals surface area contributed by atoms with E-state index in [1.165, 1.54) is 25.7 Å². The third kappa shape index (κ3) is 3.03. The molecule has 1 aliphatic carbocycles. The summed E-state index contributed by atoms with van der Waals surface area (Å²) >= 11 is 6.03. The van der Waals surface area contributed by atoms with E-state index in [1.807, 2.05) is 24.3 Å². The number of halogens is 1. The minimum absolute atomic E-state index is 0.0575. The number of carbonyl (C=O) groups is 1. The van der Waals surface area contributed by atoms with E-state index >= 15 is 0 Å². The molecule has 0 unspecified atom stereocenters. The lowest BCUT2D eigenvalue weighted by Gasteiger charge is -2.15. The average Bonchev–Trinajstić information content (AvgIpc) is 3.24. The lowest BCUT2D eigenvalue weighted by atomic mass is 10.0. The van der Waals surface area contributed by atoms with Gasteiger partial charge in [-0.2, -0.15) is 0 Å². The normalized spacial score (nSPS) is 15.9. The molecule has 1 fully saturated rings. The number of hydrogen-bond donors (Lipinski definition) is 1. The molecule has 4 heteroatoms. The number of para-hydroxylation sites is 1. The molecule has 1 aliphatic rings. The van der Waals surface area contributed by atoms with E-state index < -0.39 is 0 Å². The maximum Gasteiger partial charge on any atom is 0.252 e. The van der Waals surface area contributed by atoms with E-state index in [2.05, 4.69) is 17.2 Å². The van der Waals surface area contributed by atoms with Gasteiger partial charge in [0.25, 0.3) is 5.91 Å². The van der Waals surface area contributed by atoms with Gasteiger partial charge in [0.05, 0.1) is 11.1 Å². The molecule has 3 rings (SSSR count). The van der Waals surface area contributed by atoms with Gasteiger partial charge in [0.15, 0.2) is 0 Å². The molecule has 2 aromatic rings. The highest BCUT2D eigenvalue weighted by Crippen LogP contribution is 2.48. The highest BCUT2D eigenvalue weighted by atomic mass is 35.5. The van der Waals surface area contributed by atoms with Gasteiger partial charge in [0, 0.05) is 11.9 Å². The fraction of sp³-hybridized carbons (Fsp3) is 0.412. The number of nitrogens with zero attached hydrogens (tertiary/aromatic N) is 1. The van der Waals surface area contributed by atoms with Crippen molar-refractivity contribution in [2.75, 3.05) is 6.54 Å². The maximum atomic E-state index is 12.5. The summed E-state index contributed by atoms with van der Waals surface area (Å²) in [4.78, 5) is 16.7. The number of benzene rings is 1. The van der Waals surface area contributed by atoms with Gasteiger partial charge in [-0.3, -0.25) is 4.79 Å². The van der Waals surface area contributed by atoms with Gasteiger partial charge in [-0.1, -0.05) is 43.1 Å². The summed E-state index contributed by atoms with van der Waals surface area (Å²) in [5, 5.41) is 4.28. The van der Waals surface area contributed by atoms with Gasteiger partial charge < -0.3 is 5.32 Å². The zero-order valence-corrected chi connectivity index (χ0v) is 12.9. The first-order valence-electron chi connectivity index (χ1n) is 7.47. The number of pyridine rings is 1. The fourth-order valence-corrected chi connectivity index (χ4v) is 3.12. The number of fused-ring (bicyclic) bond motifs is 1. The second-order valence-electron chi connectivity index (χ2n) is 5.94. The van der Waals surface area contributed by atoms with Crippen molar-refractivity contribution in [2.24, 2.45) is 5.41 Å². The van der Waals surface area contributed by atoms with Crippen molar-refractivity contribution in [3.8, 4) is 0 Å². The molecule has 0 aliphatic heterocycles. The van der Waals surface area contributed by atoms with Crippen molar-refractivity contribution in [3.63, 3.8) is 0 Å². The topological polar surface area (TPSA) is 42.0 Å². The Morgan fingerprint density at radius 3 is 2.86 bits per heavy atom. The van der Waals surface area contributed by atoms with Crippen LogP contribution in [0.3, 0.4) is 0 Å². The average molecular weight is 303 g/mol. The predicted octanol–water partition coefficient (Wildman–Crippen LogP) is 4.20. The molecule has 3 nitrogen and oxygen atoms in total. The van der Waals surface area contributed by atoms with Gasteiger partial charge in [-0.05, 0) is 36.8 Å². The summed E-state index contributed by atoms with van der Waals surface area (Å²) in [6.45, 7) is 2.95. The Kier molecular flexibility index (Phi) is 3.85. The summed E-state index contributed by atoms with van der Waals surface area (Å²) < 4.78 is 0. The maximum absolute atomic E-state index is 12.5. The smallest absolute Gasteiger partial charge is 0.252 e. The molecule has 0 saturated heterocycles. The van der Waals surface area contributed by atoms with Crippen LogP contribution in [-0.4, -0.2) is 17.4 Å². The molecule has 0 atom stereocenters. The number of hydrogen-bond acceptors (Lipinski definition) is 2. The summed E-state index contributed by atoms with van der Waals surface area (Å²) in [5.74, 6) is -0.0575. The van der Waals surface area contributed by atoms with Crippen molar-refractivity contribution in [1.29, 1.82) is 0 Å². The van der Waals surface area contributed by atoms with Crippen LogP contribution in [-0.2, 0) is 0 Å². The van der Waals surface area contributed by atoms with Crippen LogP contribution in [0.1, 0.15) is 43.0 Å². The first-order valence-corrected chi connectivity index (χ1v) is 7.85. The summed E-state index contributed by atoms with van der Waals surface area (Å²) in [6, 6.07) is 9.24. The Hall–Kier alpha value is -1.61. The second kappa shape index (κ2) is 5.64. The third-order valence-corrected chi connectivity index (χ3v) is 4.48. The molecule has 1 N–H and O–H groups in total. The third-order valence-electron chi connectivity index (χ3n) is 4.29. The summed E-state index contributed by atoms with van der Waals surface area (Å²) in [5.41, 5.74) is 1.71. The first-order chi connectivity index (χ1) is 10.1. The Morgan fingerprint density at radius 1 is 1.38 bits per heavy atom. The Bertz CT molecular complexity index is 680. The van der Waals surface area contributed by atoms with Crippen molar-refractivity contribution < 1.29 is 4.79 Å². The molecule has 21 heavy (non-hydrogen) atoms. The predicted molar refractivity (Wildman–Crippen MR) is 85.7 cm³/mol. The number of amides is 1. The number of rotatable bonds is 5. The quantitative estimate of drug-likeness (QED) is 0.841. The van der Waals surface area contributed by atoms with Crippen LogP contribution < -0.4 is 5.32 Å². The molecular formula is C17H19ClN2O. The molecule has 0 spiro atoms. The minimum Gasteiger partial charge on any atom is -0.351 e. The van der Waals surface area contributed by atoms with Crippen LogP contribution in [0.5, 0.6) is 0 Å². The van der Waals surface area contributed by atoms with Crippen molar-refractivity contribution in [1.82, 2.24) is 10.3 Å². The molecule has 110 valence electrons. The molecular weight excluding hydrogens is 284 g/mol. The molecule has 0 bridgehead atoms. The van der Waals surface area contributed by atoms with Gasteiger partial charge in [-0.25, -0.2) is 4.98 Å².